The highest BCUT2D eigenvalue weighted by atomic mass is 16.6. The Kier molecular flexibility index (Phi) is 7.26. The number of carbonyl (C=O) groups is 3. The summed E-state index contributed by atoms with van der Waals surface area (Å²) in [4.78, 5) is 49.7. The second-order valence-corrected chi connectivity index (χ2v) is 7.73. The number of nitrogens with zero attached hydrogens (tertiary/aromatic N) is 1. The van der Waals surface area contributed by atoms with Gasteiger partial charge in [-0.05, 0) is 36.4 Å². The molecule has 8 nitrogen and oxygen atoms in total. The predicted octanol–water partition coefficient (Wildman–Crippen LogP) is 5.63. The average Bonchev–Trinajstić information content (AvgIpc) is 2.92. The highest BCUT2D eigenvalue weighted by molar-refractivity contribution is 6.08. The van der Waals surface area contributed by atoms with Crippen molar-refractivity contribution in [2.75, 3.05) is 5.32 Å². The Morgan fingerprint density at radius 3 is 1.89 bits per heavy atom. The molecular formula is C28H20N2O6. The van der Waals surface area contributed by atoms with Crippen LogP contribution in [0.5, 0.6) is 0 Å². The summed E-state index contributed by atoms with van der Waals surface area (Å²) in [6.45, 7) is 0. The van der Waals surface area contributed by atoms with E-state index in [0.29, 0.717) is 11.1 Å². The number of hydrogen-bond donors (Lipinski definition) is 1. The summed E-state index contributed by atoms with van der Waals surface area (Å²) in [7, 11) is 0. The van der Waals surface area contributed by atoms with E-state index in [2.05, 4.69) is 5.32 Å². The van der Waals surface area contributed by atoms with Crippen molar-refractivity contribution in [2.45, 2.75) is 6.10 Å². The fourth-order valence-electron chi connectivity index (χ4n) is 3.52. The Morgan fingerprint density at radius 2 is 1.28 bits per heavy atom. The molecule has 0 aliphatic heterocycles. The van der Waals surface area contributed by atoms with Crippen molar-refractivity contribution in [2.24, 2.45) is 0 Å². The predicted molar refractivity (Wildman–Crippen MR) is 133 cm³/mol. The quantitative estimate of drug-likeness (QED) is 0.151. The molecular weight excluding hydrogens is 460 g/mol. The summed E-state index contributed by atoms with van der Waals surface area (Å²) in [5, 5.41) is 13.7. The molecule has 4 aromatic carbocycles. The monoisotopic (exact) mass is 480 g/mol. The molecule has 178 valence electrons. The number of nitro benzene ring substituents is 1. The number of benzene rings is 4. The van der Waals surface area contributed by atoms with E-state index < -0.39 is 28.7 Å². The van der Waals surface area contributed by atoms with Crippen LogP contribution in [-0.2, 0) is 4.74 Å². The van der Waals surface area contributed by atoms with Crippen molar-refractivity contribution in [1.29, 1.82) is 0 Å². The largest absolute Gasteiger partial charge is 0.445 e. The first-order chi connectivity index (χ1) is 17.4. The molecule has 1 amide bonds. The van der Waals surface area contributed by atoms with E-state index in [-0.39, 0.29) is 22.5 Å². The van der Waals surface area contributed by atoms with Gasteiger partial charge >= 0.3 is 5.97 Å². The third-order valence-electron chi connectivity index (χ3n) is 5.36. The first-order valence-corrected chi connectivity index (χ1v) is 10.9. The zero-order valence-corrected chi connectivity index (χ0v) is 18.9. The van der Waals surface area contributed by atoms with Crippen LogP contribution in [0.3, 0.4) is 0 Å². The third-order valence-corrected chi connectivity index (χ3v) is 5.36. The first kappa shape index (κ1) is 24.0. The maximum Gasteiger partial charge on any atom is 0.341 e. The van der Waals surface area contributed by atoms with Crippen LogP contribution in [0.2, 0.25) is 0 Å². The molecule has 0 radical (unpaired) electrons. The Hall–Kier alpha value is -5.11. The van der Waals surface area contributed by atoms with Gasteiger partial charge in [0.25, 0.3) is 11.6 Å². The first-order valence-electron chi connectivity index (χ1n) is 10.9. The van der Waals surface area contributed by atoms with Crippen molar-refractivity contribution in [3.05, 3.63) is 142 Å². The minimum absolute atomic E-state index is 0.0505. The molecule has 0 spiro atoms. The molecule has 0 aromatic heterocycles. The number of esters is 1. The molecule has 0 heterocycles. The number of anilines is 1. The molecule has 8 heteroatoms. The molecule has 0 saturated carbocycles. The van der Waals surface area contributed by atoms with E-state index in [1.807, 2.05) is 0 Å². The molecule has 1 atom stereocenters. The number of ketones is 1. The molecule has 1 N–H and O–H groups in total. The maximum absolute atomic E-state index is 13.3. The lowest BCUT2D eigenvalue weighted by atomic mass is 9.99. The van der Waals surface area contributed by atoms with Crippen LogP contribution in [-0.4, -0.2) is 22.6 Å². The summed E-state index contributed by atoms with van der Waals surface area (Å²) in [5.41, 5.74) is 1.09. The topological polar surface area (TPSA) is 116 Å². The highest BCUT2D eigenvalue weighted by Crippen LogP contribution is 2.27. The van der Waals surface area contributed by atoms with Crippen molar-refractivity contribution in [3.8, 4) is 0 Å². The van der Waals surface area contributed by atoms with Crippen LogP contribution in [0.1, 0.15) is 42.7 Å². The molecule has 0 bridgehead atoms. The summed E-state index contributed by atoms with van der Waals surface area (Å²) < 4.78 is 5.66. The smallest absolute Gasteiger partial charge is 0.341 e. The van der Waals surface area contributed by atoms with Gasteiger partial charge in [0.05, 0.1) is 16.2 Å². The summed E-state index contributed by atoms with van der Waals surface area (Å²) in [6, 6.07) is 28.3. The van der Waals surface area contributed by atoms with E-state index in [1.165, 1.54) is 30.3 Å². The molecule has 4 rings (SSSR count). The average molecular weight is 480 g/mol. The Bertz CT molecular complexity index is 1400. The van der Waals surface area contributed by atoms with E-state index >= 15 is 0 Å². The van der Waals surface area contributed by atoms with Gasteiger partial charge < -0.3 is 10.1 Å². The van der Waals surface area contributed by atoms with Gasteiger partial charge in [0.1, 0.15) is 0 Å². The SMILES string of the molecule is O=C(Nc1ccccc1C(=O)O[C@@H](C(=O)c1ccccc1)c1ccc([N+](=O)[O-])cc1)c1ccccc1. The summed E-state index contributed by atoms with van der Waals surface area (Å²) in [6.07, 6.45) is -1.36. The van der Waals surface area contributed by atoms with Crippen LogP contribution < -0.4 is 5.32 Å². The highest BCUT2D eigenvalue weighted by Gasteiger charge is 2.28. The maximum atomic E-state index is 13.3. The van der Waals surface area contributed by atoms with Gasteiger partial charge in [-0.25, -0.2) is 4.79 Å². The van der Waals surface area contributed by atoms with Crippen molar-refractivity contribution in [1.82, 2.24) is 0 Å². The number of amides is 1. The van der Waals surface area contributed by atoms with Gasteiger partial charge in [0.15, 0.2) is 6.10 Å². The van der Waals surface area contributed by atoms with Gasteiger partial charge in [0, 0.05) is 28.8 Å². The van der Waals surface area contributed by atoms with E-state index in [9.17, 15) is 24.5 Å². The number of nitro groups is 1. The minimum atomic E-state index is -1.36. The van der Waals surface area contributed by atoms with Gasteiger partial charge in [-0.1, -0.05) is 60.7 Å². The van der Waals surface area contributed by atoms with Crippen LogP contribution in [0.25, 0.3) is 0 Å². The second kappa shape index (κ2) is 10.9. The lowest BCUT2D eigenvalue weighted by Gasteiger charge is -2.19. The number of rotatable bonds is 8. The third kappa shape index (κ3) is 5.51. The van der Waals surface area contributed by atoms with E-state index in [1.54, 1.807) is 78.9 Å². The normalized spacial score (nSPS) is 11.2. The second-order valence-electron chi connectivity index (χ2n) is 7.73. The Labute approximate surface area is 206 Å². The molecule has 0 aliphatic rings. The molecule has 0 saturated heterocycles. The zero-order valence-electron chi connectivity index (χ0n) is 18.9. The van der Waals surface area contributed by atoms with Gasteiger partial charge in [-0.15, -0.1) is 0 Å². The van der Waals surface area contributed by atoms with Crippen molar-refractivity contribution >= 4 is 29.0 Å². The molecule has 0 aliphatic carbocycles. The fourth-order valence-corrected chi connectivity index (χ4v) is 3.52. The van der Waals surface area contributed by atoms with Gasteiger partial charge in [-0.3, -0.25) is 19.7 Å². The zero-order chi connectivity index (χ0) is 25.5. The molecule has 0 unspecified atom stereocenters. The minimum Gasteiger partial charge on any atom is -0.445 e. The standard InChI is InChI=1S/C28H20N2O6/c31-25(19-9-3-1-4-10-19)26(20-15-17-22(18-16-20)30(34)35)36-28(33)23-13-7-8-14-24(23)29-27(32)21-11-5-2-6-12-21/h1-18,26H,(H,29,32)/t26-/m1/s1. The van der Waals surface area contributed by atoms with E-state index in [0.717, 1.165) is 0 Å². The van der Waals surface area contributed by atoms with Crippen LogP contribution in [0.15, 0.2) is 109 Å². The van der Waals surface area contributed by atoms with Gasteiger partial charge in [-0.2, -0.15) is 0 Å². The van der Waals surface area contributed by atoms with Crippen LogP contribution in [0.4, 0.5) is 11.4 Å². The number of hydrogen-bond acceptors (Lipinski definition) is 6. The van der Waals surface area contributed by atoms with Crippen molar-refractivity contribution < 1.29 is 24.0 Å². The molecule has 4 aromatic rings. The number of ether oxygens (including phenoxy) is 1. The summed E-state index contributed by atoms with van der Waals surface area (Å²) >= 11 is 0. The number of nitrogens with one attached hydrogen (secondary N) is 1. The molecule has 36 heavy (non-hydrogen) atoms. The number of para-hydroxylation sites is 1. The van der Waals surface area contributed by atoms with Crippen molar-refractivity contribution in [3.63, 3.8) is 0 Å². The fraction of sp³-hybridized carbons (Fsp3) is 0.0357. The van der Waals surface area contributed by atoms with E-state index in [4.69, 9.17) is 4.74 Å². The lowest BCUT2D eigenvalue weighted by Crippen LogP contribution is -2.22. The van der Waals surface area contributed by atoms with Gasteiger partial charge in [0.2, 0.25) is 5.78 Å². The summed E-state index contributed by atoms with van der Waals surface area (Å²) in [5.74, 6) is -1.75. The Morgan fingerprint density at radius 1 is 0.722 bits per heavy atom. The van der Waals surface area contributed by atoms with Crippen LogP contribution in [0, 0.1) is 10.1 Å². The number of Topliss-reactive ketones (excluding diaryl/α,β-unsaturated/α-hetero) is 1. The Balaban J connectivity index is 1.64. The molecule has 0 fully saturated rings. The number of carbonyl (C=O) groups excluding carboxylic acids is 3. The lowest BCUT2D eigenvalue weighted by molar-refractivity contribution is -0.384. The van der Waals surface area contributed by atoms with Crippen LogP contribution >= 0.6 is 0 Å². The number of non-ortho nitro benzene ring substituents is 1.